The second-order valence-electron chi connectivity index (χ2n) is 6.07. The average molecular weight is 267 g/mol. The Kier molecular flexibility index (Phi) is 3.47. The highest BCUT2D eigenvalue weighted by Gasteiger charge is 2.29. The standard InChI is InChI=1S/C13H21N3OS/c1-13(2,3)16-11(14)7-10(15-16)12(18)8-4-5-9(17)6-8/h7-9,17H,4-6,14H2,1-3H3/t8-,9+/m0/s1. The quantitative estimate of drug-likeness (QED) is 0.636. The Morgan fingerprint density at radius 1 is 1.50 bits per heavy atom. The highest BCUT2D eigenvalue weighted by molar-refractivity contribution is 7.80. The summed E-state index contributed by atoms with van der Waals surface area (Å²) in [5.41, 5.74) is 6.63. The molecule has 18 heavy (non-hydrogen) atoms. The Labute approximate surface area is 113 Å². The van der Waals surface area contributed by atoms with Crippen LogP contribution in [0.25, 0.3) is 0 Å². The second kappa shape index (κ2) is 4.63. The van der Waals surface area contributed by atoms with E-state index >= 15 is 0 Å². The maximum absolute atomic E-state index is 9.57. The van der Waals surface area contributed by atoms with Gasteiger partial charge in [-0.3, -0.25) is 0 Å². The van der Waals surface area contributed by atoms with Crippen molar-refractivity contribution in [3.8, 4) is 0 Å². The number of rotatable bonds is 2. The van der Waals surface area contributed by atoms with Crippen molar-refractivity contribution in [1.82, 2.24) is 9.78 Å². The first-order valence-electron chi connectivity index (χ1n) is 6.37. The van der Waals surface area contributed by atoms with Crippen LogP contribution in [0.5, 0.6) is 0 Å². The summed E-state index contributed by atoms with van der Waals surface area (Å²) in [5.74, 6) is 0.899. The van der Waals surface area contributed by atoms with E-state index in [-0.39, 0.29) is 17.6 Å². The van der Waals surface area contributed by atoms with Crippen molar-refractivity contribution in [3.05, 3.63) is 11.8 Å². The molecule has 1 aromatic heterocycles. The average Bonchev–Trinajstić information content (AvgIpc) is 2.82. The van der Waals surface area contributed by atoms with Crippen molar-refractivity contribution in [1.29, 1.82) is 0 Å². The molecule has 1 aromatic rings. The number of thiocarbonyl (C=S) groups is 1. The molecule has 0 saturated heterocycles. The smallest absolute Gasteiger partial charge is 0.122 e. The Balaban J connectivity index is 2.22. The van der Waals surface area contributed by atoms with E-state index in [0.29, 0.717) is 5.82 Å². The molecular formula is C13H21N3OS. The number of aliphatic hydroxyl groups excluding tert-OH is 1. The lowest BCUT2D eigenvalue weighted by Gasteiger charge is -2.20. The van der Waals surface area contributed by atoms with Crippen molar-refractivity contribution in [2.45, 2.75) is 51.7 Å². The first-order valence-corrected chi connectivity index (χ1v) is 6.78. The zero-order valence-corrected chi connectivity index (χ0v) is 12.0. The Morgan fingerprint density at radius 3 is 2.61 bits per heavy atom. The summed E-state index contributed by atoms with van der Waals surface area (Å²) in [6, 6.07) is 1.85. The molecule has 4 nitrogen and oxygen atoms in total. The third kappa shape index (κ3) is 2.57. The van der Waals surface area contributed by atoms with Crippen LogP contribution < -0.4 is 5.73 Å². The van der Waals surface area contributed by atoms with Gasteiger partial charge in [-0.15, -0.1) is 0 Å². The van der Waals surface area contributed by atoms with Crippen molar-refractivity contribution in [3.63, 3.8) is 0 Å². The van der Waals surface area contributed by atoms with Crippen LogP contribution in [0, 0.1) is 5.92 Å². The van der Waals surface area contributed by atoms with Gasteiger partial charge in [0.1, 0.15) is 11.5 Å². The van der Waals surface area contributed by atoms with Gasteiger partial charge in [0.15, 0.2) is 0 Å². The largest absolute Gasteiger partial charge is 0.393 e. The van der Waals surface area contributed by atoms with Crippen molar-refractivity contribution in [2.75, 3.05) is 5.73 Å². The molecule has 0 aliphatic heterocycles. The van der Waals surface area contributed by atoms with Crippen LogP contribution in [0.1, 0.15) is 45.7 Å². The first kappa shape index (κ1) is 13.5. The van der Waals surface area contributed by atoms with Crippen molar-refractivity contribution in [2.24, 2.45) is 5.92 Å². The van der Waals surface area contributed by atoms with E-state index in [0.717, 1.165) is 29.8 Å². The van der Waals surface area contributed by atoms with Gasteiger partial charge in [-0.05, 0) is 46.0 Å². The molecule has 1 aliphatic rings. The molecular weight excluding hydrogens is 246 g/mol. The Bertz CT molecular complexity index is 461. The second-order valence-corrected chi connectivity index (χ2v) is 6.50. The number of nitrogen functional groups attached to an aromatic ring is 1. The SMILES string of the molecule is CC(C)(C)n1nc(C(=S)[C@H]2CC[C@@H](O)C2)cc1N. The molecule has 3 N–H and O–H groups in total. The van der Waals surface area contributed by atoms with E-state index in [1.54, 1.807) is 4.68 Å². The highest BCUT2D eigenvalue weighted by atomic mass is 32.1. The van der Waals surface area contributed by atoms with E-state index in [2.05, 4.69) is 25.9 Å². The molecule has 1 saturated carbocycles. The summed E-state index contributed by atoms with van der Waals surface area (Å²) < 4.78 is 1.81. The van der Waals surface area contributed by atoms with E-state index in [9.17, 15) is 5.11 Å². The van der Waals surface area contributed by atoms with Gasteiger partial charge in [0.05, 0.1) is 11.6 Å². The number of aliphatic hydroxyl groups is 1. The van der Waals surface area contributed by atoms with Gasteiger partial charge in [-0.25, -0.2) is 4.68 Å². The van der Waals surface area contributed by atoms with E-state index in [4.69, 9.17) is 18.0 Å². The normalized spacial score (nSPS) is 24.4. The van der Waals surface area contributed by atoms with Gasteiger partial charge in [0.25, 0.3) is 0 Å². The van der Waals surface area contributed by atoms with Crippen LogP contribution in [0.3, 0.4) is 0 Å². The summed E-state index contributed by atoms with van der Waals surface area (Å²) in [7, 11) is 0. The maximum Gasteiger partial charge on any atom is 0.122 e. The van der Waals surface area contributed by atoms with Gasteiger partial charge < -0.3 is 10.8 Å². The topological polar surface area (TPSA) is 64.1 Å². The minimum absolute atomic E-state index is 0.146. The molecule has 2 atom stereocenters. The number of anilines is 1. The molecule has 0 amide bonds. The fourth-order valence-corrected chi connectivity index (χ4v) is 2.77. The van der Waals surface area contributed by atoms with E-state index in [1.165, 1.54) is 0 Å². The fraction of sp³-hybridized carbons (Fsp3) is 0.692. The lowest BCUT2D eigenvalue weighted by atomic mass is 10.0. The van der Waals surface area contributed by atoms with Gasteiger partial charge in [-0.2, -0.15) is 5.10 Å². The summed E-state index contributed by atoms with van der Waals surface area (Å²) in [6.07, 6.45) is 2.32. The predicted octanol–water partition coefficient (Wildman–Crippen LogP) is 2.10. The molecule has 1 fully saturated rings. The molecule has 100 valence electrons. The Morgan fingerprint density at radius 2 is 2.17 bits per heavy atom. The molecule has 0 spiro atoms. The summed E-state index contributed by atoms with van der Waals surface area (Å²) in [6.45, 7) is 6.17. The number of hydrogen-bond donors (Lipinski definition) is 2. The zero-order chi connectivity index (χ0) is 13.5. The highest BCUT2D eigenvalue weighted by Crippen LogP contribution is 2.30. The van der Waals surface area contributed by atoms with Crippen molar-refractivity contribution < 1.29 is 5.11 Å². The van der Waals surface area contributed by atoms with Gasteiger partial charge in [0.2, 0.25) is 0 Å². The van der Waals surface area contributed by atoms with Crippen LogP contribution in [0.2, 0.25) is 0 Å². The van der Waals surface area contributed by atoms with Gasteiger partial charge in [-0.1, -0.05) is 12.2 Å². The van der Waals surface area contributed by atoms with Gasteiger partial charge in [0, 0.05) is 10.9 Å². The zero-order valence-electron chi connectivity index (χ0n) is 11.2. The number of nitrogens with zero attached hydrogens (tertiary/aromatic N) is 2. The van der Waals surface area contributed by atoms with Crippen LogP contribution in [0.4, 0.5) is 5.82 Å². The monoisotopic (exact) mass is 267 g/mol. The molecule has 1 heterocycles. The van der Waals surface area contributed by atoms with E-state index < -0.39 is 0 Å². The Hall–Kier alpha value is -0.940. The minimum Gasteiger partial charge on any atom is -0.393 e. The van der Waals surface area contributed by atoms with E-state index in [1.807, 2.05) is 6.07 Å². The predicted molar refractivity (Wildman–Crippen MR) is 76.7 cm³/mol. The fourth-order valence-electron chi connectivity index (χ4n) is 2.46. The summed E-state index contributed by atoms with van der Waals surface area (Å²) in [4.78, 5) is 0.834. The van der Waals surface area contributed by atoms with Crippen LogP contribution in [-0.4, -0.2) is 25.9 Å². The number of hydrogen-bond acceptors (Lipinski definition) is 4. The van der Waals surface area contributed by atoms with Crippen LogP contribution in [0.15, 0.2) is 6.07 Å². The molecule has 0 aromatic carbocycles. The lowest BCUT2D eigenvalue weighted by molar-refractivity contribution is 0.181. The molecule has 5 heteroatoms. The van der Waals surface area contributed by atoms with Gasteiger partial charge >= 0.3 is 0 Å². The number of nitrogens with two attached hydrogens (primary N) is 1. The summed E-state index contributed by atoms with van der Waals surface area (Å²) >= 11 is 5.49. The molecule has 0 unspecified atom stereocenters. The minimum atomic E-state index is -0.213. The van der Waals surface area contributed by atoms with Crippen LogP contribution in [-0.2, 0) is 5.54 Å². The molecule has 0 radical (unpaired) electrons. The third-order valence-electron chi connectivity index (χ3n) is 3.40. The summed E-state index contributed by atoms with van der Waals surface area (Å²) in [5, 5.41) is 14.1. The molecule has 1 aliphatic carbocycles. The molecule has 0 bridgehead atoms. The maximum atomic E-state index is 9.57. The lowest BCUT2D eigenvalue weighted by Crippen LogP contribution is -2.25. The third-order valence-corrected chi connectivity index (χ3v) is 3.94. The number of aromatic nitrogens is 2. The first-order chi connectivity index (χ1) is 8.29. The molecule has 2 rings (SSSR count). The van der Waals surface area contributed by atoms with Crippen LogP contribution >= 0.6 is 12.2 Å². The van der Waals surface area contributed by atoms with Crippen molar-refractivity contribution >= 4 is 22.9 Å².